The summed E-state index contributed by atoms with van der Waals surface area (Å²) >= 11 is 0. The van der Waals surface area contributed by atoms with Gasteiger partial charge in [0.1, 0.15) is 12.5 Å². The quantitative estimate of drug-likeness (QED) is 0.734. The van der Waals surface area contributed by atoms with Crippen molar-refractivity contribution in [1.29, 1.82) is 0 Å². The largest absolute Gasteiger partial charge is 0.311 e. The minimum absolute atomic E-state index is 0.366. The zero-order valence-electron chi connectivity index (χ0n) is 6.85. The second kappa shape index (κ2) is 4.16. The third-order valence-corrected chi connectivity index (χ3v) is 1.78. The van der Waals surface area contributed by atoms with Gasteiger partial charge in [0.25, 0.3) is 0 Å². The summed E-state index contributed by atoms with van der Waals surface area (Å²) in [5.74, 6) is -0.366. The average molecular weight is 171 g/mol. The number of nitrogens with one attached hydrogen (secondary N) is 1. The van der Waals surface area contributed by atoms with Crippen LogP contribution in [0, 0.1) is 5.82 Å². The third-order valence-electron chi connectivity index (χ3n) is 1.78. The van der Waals surface area contributed by atoms with Crippen molar-refractivity contribution in [2.24, 2.45) is 0 Å². The fraction of sp³-hybridized carbons (Fsp3) is 0.333. The van der Waals surface area contributed by atoms with Crippen LogP contribution in [0.3, 0.4) is 0 Å². The van der Waals surface area contributed by atoms with Crippen LogP contribution in [-0.4, -0.2) is 13.7 Å². The van der Waals surface area contributed by atoms with Gasteiger partial charge < -0.3 is 5.32 Å². The molecule has 3 heteroatoms. The molecular formula is C9H11F2N. The second-order valence-electron chi connectivity index (χ2n) is 2.52. The summed E-state index contributed by atoms with van der Waals surface area (Å²) in [5.41, 5.74) is 0.377. The predicted octanol–water partition coefficient (Wildman–Crippen LogP) is 2.06. The lowest BCUT2D eigenvalue weighted by atomic mass is 10.1. The lowest BCUT2D eigenvalue weighted by molar-refractivity contribution is 0.390. The molecule has 0 amide bonds. The van der Waals surface area contributed by atoms with Crippen LogP contribution in [0.5, 0.6) is 0 Å². The zero-order valence-corrected chi connectivity index (χ0v) is 6.85. The molecule has 12 heavy (non-hydrogen) atoms. The molecule has 0 fully saturated rings. The Bertz CT molecular complexity index is 246. The average Bonchev–Trinajstić information content (AvgIpc) is 2.10. The van der Waals surface area contributed by atoms with E-state index >= 15 is 0 Å². The summed E-state index contributed by atoms with van der Waals surface area (Å²) in [6.45, 7) is -0.600. The summed E-state index contributed by atoms with van der Waals surface area (Å²) in [7, 11) is 1.61. The van der Waals surface area contributed by atoms with Crippen molar-refractivity contribution < 1.29 is 8.78 Å². The first-order valence-corrected chi connectivity index (χ1v) is 3.77. The van der Waals surface area contributed by atoms with Gasteiger partial charge in [0.2, 0.25) is 0 Å². The van der Waals surface area contributed by atoms with E-state index in [-0.39, 0.29) is 5.82 Å². The number of halogens is 2. The van der Waals surface area contributed by atoms with E-state index in [9.17, 15) is 8.78 Å². The molecule has 1 aromatic rings. The highest BCUT2D eigenvalue weighted by Gasteiger charge is 2.11. The van der Waals surface area contributed by atoms with Crippen molar-refractivity contribution in [3.63, 3.8) is 0 Å². The van der Waals surface area contributed by atoms with Crippen molar-refractivity contribution >= 4 is 0 Å². The van der Waals surface area contributed by atoms with Gasteiger partial charge in [0, 0.05) is 5.56 Å². The highest BCUT2D eigenvalue weighted by atomic mass is 19.1. The Balaban J connectivity index is 2.92. The zero-order chi connectivity index (χ0) is 8.97. The molecule has 1 N–H and O–H groups in total. The lowest BCUT2D eigenvalue weighted by Crippen LogP contribution is -2.19. The standard InChI is InChI=1S/C9H11F2N/c1-12-9(6-10)7-4-2-3-5-8(7)11/h2-5,9,12H,6H2,1H3. The highest BCUT2D eigenvalue weighted by Crippen LogP contribution is 2.16. The monoisotopic (exact) mass is 171 g/mol. The minimum Gasteiger partial charge on any atom is -0.311 e. The van der Waals surface area contributed by atoms with E-state index in [0.717, 1.165) is 0 Å². The topological polar surface area (TPSA) is 12.0 Å². The molecule has 1 unspecified atom stereocenters. The molecule has 0 aliphatic rings. The van der Waals surface area contributed by atoms with Crippen molar-refractivity contribution in [3.05, 3.63) is 35.6 Å². The van der Waals surface area contributed by atoms with E-state index in [0.29, 0.717) is 5.56 Å². The molecule has 0 saturated heterocycles. The lowest BCUT2D eigenvalue weighted by Gasteiger charge is -2.12. The SMILES string of the molecule is CNC(CF)c1ccccc1F. The second-order valence-corrected chi connectivity index (χ2v) is 2.52. The van der Waals surface area contributed by atoms with Gasteiger partial charge in [0.15, 0.2) is 0 Å². The first-order chi connectivity index (χ1) is 5.79. The normalized spacial score (nSPS) is 12.9. The third kappa shape index (κ3) is 1.80. The minimum atomic E-state index is -0.600. The Kier molecular flexibility index (Phi) is 3.17. The van der Waals surface area contributed by atoms with E-state index in [1.165, 1.54) is 6.07 Å². The van der Waals surface area contributed by atoms with Gasteiger partial charge >= 0.3 is 0 Å². The van der Waals surface area contributed by atoms with Crippen LogP contribution in [0.2, 0.25) is 0 Å². The first-order valence-electron chi connectivity index (χ1n) is 3.77. The van der Waals surface area contributed by atoms with Crippen molar-refractivity contribution in [1.82, 2.24) is 5.32 Å². The molecule has 1 aromatic carbocycles. The molecule has 1 rings (SSSR count). The van der Waals surface area contributed by atoms with Crippen LogP contribution >= 0.6 is 0 Å². The number of rotatable bonds is 3. The Morgan fingerprint density at radius 2 is 2.08 bits per heavy atom. The van der Waals surface area contributed by atoms with E-state index in [4.69, 9.17) is 0 Å². The summed E-state index contributed by atoms with van der Waals surface area (Å²) < 4.78 is 25.3. The van der Waals surface area contributed by atoms with Crippen LogP contribution < -0.4 is 5.32 Å². The molecule has 1 nitrogen and oxygen atoms in total. The summed E-state index contributed by atoms with van der Waals surface area (Å²) in [4.78, 5) is 0. The first kappa shape index (κ1) is 9.13. The molecule has 0 spiro atoms. The molecule has 1 atom stereocenters. The van der Waals surface area contributed by atoms with Gasteiger partial charge in [0.05, 0.1) is 6.04 Å². The Morgan fingerprint density at radius 1 is 1.42 bits per heavy atom. The summed E-state index contributed by atoms with van der Waals surface area (Å²) in [5, 5.41) is 2.69. The molecule has 0 aliphatic heterocycles. The van der Waals surface area contributed by atoms with Gasteiger partial charge in [-0.05, 0) is 13.1 Å². The Labute approximate surface area is 70.4 Å². The van der Waals surface area contributed by atoms with E-state index in [1.807, 2.05) is 0 Å². The molecule has 66 valence electrons. The van der Waals surface area contributed by atoms with Crippen LogP contribution in [0.4, 0.5) is 8.78 Å². The van der Waals surface area contributed by atoms with Gasteiger partial charge in [-0.1, -0.05) is 18.2 Å². The molecular weight excluding hydrogens is 160 g/mol. The van der Waals surface area contributed by atoms with Crippen molar-refractivity contribution in [2.75, 3.05) is 13.7 Å². The Hall–Kier alpha value is -0.960. The number of hydrogen-bond donors (Lipinski definition) is 1. The predicted molar refractivity (Wildman–Crippen MR) is 44.2 cm³/mol. The number of hydrogen-bond acceptors (Lipinski definition) is 1. The van der Waals surface area contributed by atoms with Gasteiger partial charge in [-0.15, -0.1) is 0 Å². The summed E-state index contributed by atoms with van der Waals surface area (Å²) in [6, 6.07) is 5.65. The Morgan fingerprint density at radius 3 is 2.58 bits per heavy atom. The van der Waals surface area contributed by atoms with E-state index in [2.05, 4.69) is 5.32 Å². The van der Waals surface area contributed by atoms with Gasteiger partial charge in [-0.3, -0.25) is 0 Å². The maximum absolute atomic E-state index is 13.0. The van der Waals surface area contributed by atoms with Crippen LogP contribution in [0.15, 0.2) is 24.3 Å². The van der Waals surface area contributed by atoms with Crippen molar-refractivity contribution in [3.8, 4) is 0 Å². The number of alkyl halides is 1. The van der Waals surface area contributed by atoms with Gasteiger partial charge in [-0.25, -0.2) is 8.78 Å². The smallest absolute Gasteiger partial charge is 0.128 e. The number of benzene rings is 1. The summed E-state index contributed by atoms with van der Waals surface area (Å²) in [6.07, 6.45) is 0. The maximum atomic E-state index is 13.0. The van der Waals surface area contributed by atoms with E-state index in [1.54, 1.807) is 25.2 Å². The molecule has 0 heterocycles. The molecule has 0 aliphatic carbocycles. The maximum Gasteiger partial charge on any atom is 0.128 e. The van der Waals surface area contributed by atoms with Crippen LogP contribution in [0.25, 0.3) is 0 Å². The van der Waals surface area contributed by atoms with Crippen molar-refractivity contribution in [2.45, 2.75) is 6.04 Å². The molecule has 0 bridgehead atoms. The molecule has 0 aromatic heterocycles. The fourth-order valence-electron chi connectivity index (χ4n) is 1.07. The van der Waals surface area contributed by atoms with Crippen LogP contribution in [0.1, 0.15) is 11.6 Å². The van der Waals surface area contributed by atoms with E-state index < -0.39 is 12.7 Å². The molecule has 0 saturated carbocycles. The van der Waals surface area contributed by atoms with Gasteiger partial charge in [-0.2, -0.15) is 0 Å². The fourth-order valence-corrected chi connectivity index (χ4v) is 1.07. The highest BCUT2D eigenvalue weighted by molar-refractivity contribution is 5.21. The molecule has 0 radical (unpaired) electrons. The van der Waals surface area contributed by atoms with Crippen LogP contribution in [-0.2, 0) is 0 Å².